The molecule has 2 aromatic rings. The minimum atomic E-state index is -0.974. The number of rotatable bonds is 10. The summed E-state index contributed by atoms with van der Waals surface area (Å²) in [5.41, 5.74) is 2.64. The van der Waals surface area contributed by atoms with Crippen molar-refractivity contribution in [3.05, 3.63) is 59.2 Å². The minimum absolute atomic E-state index is 0.0251. The van der Waals surface area contributed by atoms with E-state index in [-0.39, 0.29) is 11.5 Å². The van der Waals surface area contributed by atoms with Crippen LogP contribution in [-0.2, 0) is 17.8 Å². The van der Waals surface area contributed by atoms with E-state index >= 15 is 0 Å². The Morgan fingerprint density at radius 1 is 0.765 bits per heavy atom. The number of hydrogen-bond donors (Lipinski definition) is 0. The number of halogens is 2. The van der Waals surface area contributed by atoms with E-state index in [0.29, 0.717) is 43.7 Å². The van der Waals surface area contributed by atoms with E-state index in [1.165, 1.54) is 36.1 Å². The first-order chi connectivity index (χ1) is 16.6. The third-order valence-corrected chi connectivity index (χ3v) is 7.51. The summed E-state index contributed by atoms with van der Waals surface area (Å²) < 4.78 is 45.5. The molecule has 2 aliphatic carbocycles. The van der Waals surface area contributed by atoms with Gasteiger partial charge in [0.2, 0.25) is 11.6 Å². The second-order valence-electron chi connectivity index (χ2n) is 9.95. The lowest BCUT2D eigenvalue weighted by molar-refractivity contribution is -0.0300. The Morgan fingerprint density at radius 2 is 1.41 bits per heavy atom. The maximum absolute atomic E-state index is 14.3. The van der Waals surface area contributed by atoms with Crippen molar-refractivity contribution in [2.45, 2.75) is 77.9 Å². The van der Waals surface area contributed by atoms with Gasteiger partial charge in [0.25, 0.3) is 0 Å². The first-order valence-electron chi connectivity index (χ1n) is 13.0. The van der Waals surface area contributed by atoms with E-state index in [1.807, 2.05) is 0 Å². The van der Waals surface area contributed by atoms with Crippen molar-refractivity contribution in [2.75, 3.05) is 13.2 Å². The lowest BCUT2D eigenvalue weighted by atomic mass is 9.67. The molecule has 0 aromatic heterocycles. The van der Waals surface area contributed by atoms with Crippen molar-refractivity contribution < 1.29 is 23.0 Å². The van der Waals surface area contributed by atoms with Gasteiger partial charge >= 0.3 is 0 Å². The number of fused-ring (bicyclic) bond motifs is 1. The fourth-order valence-corrected chi connectivity index (χ4v) is 5.65. The molecule has 0 heterocycles. The van der Waals surface area contributed by atoms with E-state index in [2.05, 4.69) is 31.2 Å². The van der Waals surface area contributed by atoms with Gasteiger partial charge in [-0.15, -0.1) is 0 Å². The fourth-order valence-electron chi connectivity index (χ4n) is 5.65. The summed E-state index contributed by atoms with van der Waals surface area (Å²) in [4.78, 5) is 0. The van der Waals surface area contributed by atoms with Crippen LogP contribution in [0, 0.1) is 29.4 Å². The average Bonchev–Trinajstić information content (AvgIpc) is 2.86. The van der Waals surface area contributed by atoms with Gasteiger partial charge in [-0.2, -0.15) is 8.78 Å². The second-order valence-corrected chi connectivity index (χ2v) is 9.95. The zero-order valence-electron chi connectivity index (χ0n) is 20.5. The van der Waals surface area contributed by atoms with Crippen LogP contribution >= 0.6 is 0 Å². The maximum Gasteiger partial charge on any atom is 0.204 e. The molecule has 186 valence electrons. The van der Waals surface area contributed by atoms with Crippen molar-refractivity contribution in [1.82, 2.24) is 0 Å². The highest BCUT2D eigenvalue weighted by atomic mass is 19.2. The fraction of sp³-hybridized carbons (Fsp3) is 0.586. The molecule has 3 nitrogen and oxygen atoms in total. The number of hydrogen-bond acceptors (Lipinski definition) is 3. The highest BCUT2D eigenvalue weighted by Crippen LogP contribution is 2.44. The van der Waals surface area contributed by atoms with Gasteiger partial charge in [0.05, 0.1) is 25.9 Å². The zero-order valence-corrected chi connectivity index (χ0v) is 20.5. The Morgan fingerprint density at radius 3 is 2.12 bits per heavy atom. The summed E-state index contributed by atoms with van der Waals surface area (Å²) in [6, 6.07) is 11.7. The van der Waals surface area contributed by atoms with Gasteiger partial charge in [-0.3, -0.25) is 0 Å². The summed E-state index contributed by atoms with van der Waals surface area (Å²) in [6.45, 7) is 5.36. The molecule has 0 N–H and O–H groups in total. The van der Waals surface area contributed by atoms with Crippen LogP contribution in [0.1, 0.15) is 69.9 Å². The van der Waals surface area contributed by atoms with E-state index in [4.69, 9.17) is 14.2 Å². The largest absolute Gasteiger partial charge is 0.491 e. The minimum Gasteiger partial charge on any atom is -0.491 e. The van der Waals surface area contributed by atoms with Crippen LogP contribution in [0.25, 0.3) is 0 Å². The van der Waals surface area contributed by atoms with Crippen molar-refractivity contribution >= 4 is 0 Å². The Hall–Kier alpha value is -2.14. The number of benzene rings is 2. The van der Waals surface area contributed by atoms with Gasteiger partial charge in [0.15, 0.2) is 11.5 Å². The van der Waals surface area contributed by atoms with Gasteiger partial charge in [0.1, 0.15) is 0 Å². The Balaban J connectivity index is 1.21. The quantitative estimate of drug-likeness (QED) is 0.358. The van der Waals surface area contributed by atoms with Crippen molar-refractivity contribution in [3.63, 3.8) is 0 Å². The summed E-state index contributed by atoms with van der Waals surface area (Å²) in [5, 5.41) is 0. The lowest BCUT2D eigenvalue weighted by Gasteiger charge is -2.42. The standard InChI is InChI=1S/C29H38F2O3/c1-3-5-20-6-8-21(9-7-20)18-33-25-13-12-23-16-22(10-11-24(23)17-25)19-34-27-15-14-26(32-4-2)28(30)29(27)31/h6-9,14-15,22-25H,3-5,10-13,16-19H2,1-2H3. The molecule has 0 amide bonds. The molecule has 2 aliphatic rings. The highest BCUT2D eigenvalue weighted by molar-refractivity contribution is 5.35. The van der Waals surface area contributed by atoms with E-state index in [1.54, 1.807) is 6.92 Å². The monoisotopic (exact) mass is 472 g/mol. The van der Waals surface area contributed by atoms with Crippen LogP contribution < -0.4 is 9.47 Å². The third-order valence-electron chi connectivity index (χ3n) is 7.51. The molecule has 2 saturated carbocycles. The van der Waals surface area contributed by atoms with Gasteiger partial charge < -0.3 is 14.2 Å². The second kappa shape index (κ2) is 12.0. The molecule has 4 unspecified atom stereocenters. The summed E-state index contributed by atoms with van der Waals surface area (Å²) in [6.07, 6.45) is 9.36. The van der Waals surface area contributed by atoms with Crippen LogP contribution in [-0.4, -0.2) is 19.3 Å². The molecule has 0 spiro atoms. The molecule has 0 saturated heterocycles. The maximum atomic E-state index is 14.3. The van der Waals surface area contributed by atoms with Crippen molar-refractivity contribution in [3.8, 4) is 11.5 Å². The molecule has 4 atom stereocenters. The molecular formula is C29H38F2O3. The van der Waals surface area contributed by atoms with E-state index in [0.717, 1.165) is 38.5 Å². The van der Waals surface area contributed by atoms with E-state index < -0.39 is 11.6 Å². The van der Waals surface area contributed by atoms with Gasteiger partial charge in [-0.05, 0) is 92.9 Å². The van der Waals surface area contributed by atoms with Gasteiger partial charge in [0, 0.05) is 0 Å². The van der Waals surface area contributed by atoms with Crippen LogP contribution in [0.15, 0.2) is 36.4 Å². The number of ether oxygens (including phenoxy) is 3. The first kappa shape index (κ1) is 25.0. The highest BCUT2D eigenvalue weighted by Gasteiger charge is 2.36. The summed E-state index contributed by atoms with van der Waals surface area (Å²) in [5.74, 6) is -0.271. The normalized spacial score (nSPS) is 24.5. The van der Waals surface area contributed by atoms with Gasteiger partial charge in [-0.25, -0.2) is 0 Å². The van der Waals surface area contributed by atoms with Crippen molar-refractivity contribution in [2.24, 2.45) is 17.8 Å². The lowest BCUT2D eigenvalue weighted by Crippen LogP contribution is -2.35. The summed E-state index contributed by atoms with van der Waals surface area (Å²) >= 11 is 0. The zero-order chi connectivity index (χ0) is 23.9. The Bertz CT molecular complexity index is 914. The SMILES string of the molecule is CCCc1ccc(COC2CCC3CC(COc4ccc(OCC)c(F)c4F)CCC3C2)cc1. The van der Waals surface area contributed by atoms with Crippen LogP contribution in [0.2, 0.25) is 0 Å². The predicted octanol–water partition coefficient (Wildman–Crippen LogP) is 7.50. The Labute approximate surface area is 202 Å². The van der Waals surface area contributed by atoms with Crippen LogP contribution in [0.3, 0.4) is 0 Å². The molecule has 0 aliphatic heterocycles. The summed E-state index contributed by atoms with van der Waals surface area (Å²) in [7, 11) is 0. The first-order valence-corrected chi connectivity index (χ1v) is 13.0. The molecule has 0 bridgehead atoms. The number of aryl methyl sites for hydroxylation is 1. The molecule has 2 aromatic carbocycles. The van der Waals surface area contributed by atoms with Crippen LogP contribution in [0.5, 0.6) is 11.5 Å². The third kappa shape index (κ3) is 6.29. The molecule has 5 heteroatoms. The topological polar surface area (TPSA) is 27.7 Å². The van der Waals surface area contributed by atoms with Crippen molar-refractivity contribution in [1.29, 1.82) is 0 Å². The van der Waals surface area contributed by atoms with E-state index in [9.17, 15) is 8.78 Å². The molecule has 0 radical (unpaired) electrons. The molecule has 34 heavy (non-hydrogen) atoms. The Kier molecular flexibility index (Phi) is 8.82. The molecule has 4 rings (SSSR count). The average molecular weight is 473 g/mol. The smallest absolute Gasteiger partial charge is 0.204 e. The van der Waals surface area contributed by atoms with Gasteiger partial charge in [-0.1, -0.05) is 37.6 Å². The molecule has 2 fully saturated rings. The predicted molar refractivity (Wildman–Crippen MR) is 130 cm³/mol. The van der Waals surface area contributed by atoms with Crippen LogP contribution in [0.4, 0.5) is 8.78 Å². The molecular weight excluding hydrogens is 434 g/mol.